The second kappa shape index (κ2) is 5.79. The summed E-state index contributed by atoms with van der Waals surface area (Å²) in [6, 6.07) is 3.87. The van der Waals surface area contributed by atoms with Crippen LogP contribution in [0.3, 0.4) is 0 Å². The average molecular weight is 277 g/mol. The van der Waals surface area contributed by atoms with E-state index in [4.69, 9.17) is 15.2 Å². The van der Waals surface area contributed by atoms with Crippen molar-refractivity contribution in [1.82, 2.24) is 4.90 Å². The van der Waals surface area contributed by atoms with Crippen LogP contribution in [0.25, 0.3) is 0 Å². The maximum atomic E-state index is 6.14. The molecule has 2 aliphatic rings. The molecule has 0 aromatic heterocycles. The molecular formula is C15H23N3O2. The highest BCUT2D eigenvalue weighted by Gasteiger charge is 2.17. The van der Waals surface area contributed by atoms with Crippen LogP contribution in [0.2, 0.25) is 0 Å². The van der Waals surface area contributed by atoms with Gasteiger partial charge in [0.1, 0.15) is 13.2 Å². The highest BCUT2D eigenvalue weighted by atomic mass is 16.6. The first-order valence-corrected chi connectivity index (χ1v) is 7.36. The van der Waals surface area contributed by atoms with Crippen LogP contribution in [0.15, 0.2) is 12.1 Å². The number of ether oxygens (including phenoxy) is 2. The number of likely N-dealkylation sites (N-methyl/N-ethyl adjacent to an activating group) is 1. The molecule has 3 rings (SSSR count). The van der Waals surface area contributed by atoms with Crippen molar-refractivity contribution in [1.29, 1.82) is 0 Å². The second-order valence-electron chi connectivity index (χ2n) is 5.52. The van der Waals surface area contributed by atoms with Gasteiger partial charge < -0.3 is 25.0 Å². The maximum absolute atomic E-state index is 6.14. The minimum Gasteiger partial charge on any atom is -0.486 e. The molecule has 0 bridgehead atoms. The Bertz CT molecular complexity index is 472. The zero-order valence-corrected chi connectivity index (χ0v) is 12.1. The van der Waals surface area contributed by atoms with Gasteiger partial charge in [-0.05, 0) is 25.9 Å². The van der Waals surface area contributed by atoms with Crippen molar-refractivity contribution in [3.63, 3.8) is 0 Å². The Labute approximate surface area is 120 Å². The van der Waals surface area contributed by atoms with E-state index in [-0.39, 0.29) is 0 Å². The van der Waals surface area contributed by atoms with E-state index in [0.29, 0.717) is 13.2 Å². The number of hydrogen-bond acceptors (Lipinski definition) is 5. The lowest BCUT2D eigenvalue weighted by atomic mass is 10.2. The normalized spacial score (nSPS) is 18.2. The molecule has 1 aromatic carbocycles. The molecule has 0 atom stereocenters. The molecule has 1 saturated heterocycles. The molecule has 2 heterocycles. The summed E-state index contributed by atoms with van der Waals surface area (Å²) in [7, 11) is 2.08. The molecule has 2 N–H and O–H groups in total. The number of likely N-dealkylation sites (tertiary alicyclic amines) is 1. The van der Waals surface area contributed by atoms with E-state index >= 15 is 0 Å². The first-order chi connectivity index (χ1) is 9.74. The van der Waals surface area contributed by atoms with E-state index in [2.05, 4.69) is 16.8 Å². The Kier molecular flexibility index (Phi) is 3.87. The van der Waals surface area contributed by atoms with E-state index in [1.807, 2.05) is 12.1 Å². The molecule has 0 spiro atoms. The van der Waals surface area contributed by atoms with Crippen LogP contribution < -0.4 is 20.1 Å². The molecule has 0 unspecified atom stereocenters. The van der Waals surface area contributed by atoms with E-state index < -0.39 is 0 Å². The van der Waals surface area contributed by atoms with Crippen molar-refractivity contribution in [2.75, 3.05) is 57.1 Å². The van der Waals surface area contributed by atoms with Crippen molar-refractivity contribution < 1.29 is 9.47 Å². The fraction of sp³-hybridized carbons (Fsp3) is 0.600. The summed E-state index contributed by atoms with van der Waals surface area (Å²) in [5, 5.41) is 0. The Hall–Kier alpha value is -1.62. The molecule has 0 aliphatic carbocycles. The number of fused-ring (bicyclic) bond motifs is 1. The van der Waals surface area contributed by atoms with Crippen molar-refractivity contribution in [3.8, 4) is 11.5 Å². The monoisotopic (exact) mass is 277 g/mol. The first-order valence-electron chi connectivity index (χ1n) is 7.36. The van der Waals surface area contributed by atoms with Crippen LogP contribution in [0.5, 0.6) is 11.5 Å². The van der Waals surface area contributed by atoms with Crippen molar-refractivity contribution in [2.45, 2.75) is 12.8 Å². The zero-order chi connectivity index (χ0) is 13.9. The predicted octanol–water partition coefficient (Wildman–Crippen LogP) is 1.57. The van der Waals surface area contributed by atoms with E-state index in [0.717, 1.165) is 36.0 Å². The van der Waals surface area contributed by atoms with Crippen LogP contribution in [0.4, 0.5) is 11.4 Å². The number of rotatable bonds is 4. The van der Waals surface area contributed by atoms with Crippen molar-refractivity contribution in [3.05, 3.63) is 12.1 Å². The van der Waals surface area contributed by atoms with Gasteiger partial charge in [0.05, 0.1) is 11.4 Å². The van der Waals surface area contributed by atoms with Crippen LogP contribution in [-0.2, 0) is 0 Å². The van der Waals surface area contributed by atoms with Crippen LogP contribution in [-0.4, -0.2) is 51.3 Å². The fourth-order valence-corrected chi connectivity index (χ4v) is 2.84. The SMILES string of the molecule is CN(CCN1CCCC1)c1cc2c(cc1N)OCCO2. The van der Waals surface area contributed by atoms with Gasteiger partial charge in [0.25, 0.3) is 0 Å². The number of nitrogens with two attached hydrogens (primary N) is 1. The lowest BCUT2D eigenvalue weighted by Gasteiger charge is -2.26. The highest BCUT2D eigenvalue weighted by molar-refractivity contribution is 5.73. The number of anilines is 2. The quantitative estimate of drug-likeness (QED) is 0.847. The lowest BCUT2D eigenvalue weighted by Crippen LogP contribution is -2.31. The number of hydrogen-bond donors (Lipinski definition) is 1. The summed E-state index contributed by atoms with van der Waals surface area (Å²) < 4.78 is 11.2. The van der Waals surface area contributed by atoms with Gasteiger partial charge >= 0.3 is 0 Å². The molecule has 0 radical (unpaired) electrons. The van der Waals surface area contributed by atoms with Crippen LogP contribution in [0.1, 0.15) is 12.8 Å². The van der Waals surface area contributed by atoms with Gasteiger partial charge in [-0.25, -0.2) is 0 Å². The van der Waals surface area contributed by atoms with Gasteiger partial charge in [0, 0.05) is 32.3 Å². The van der Waals surface area contributed by atoms with Gasteiger partial charge in [-0.1, -0.05) is 0 Å². The third-order valence-corrected chi connectivity index (χ3v) is 4.05. The maximum Gasteiger partial charge on any atom is 0.163 e. The van der Waals surface area contributed by atoms with Gasteiger partial charge in [0.15, 0.2) is 11.5 Å². The summed E-state index contributed by atoms with van der Waals surface area (Å²) in [4.78, 5) is 4.70. The molecule has 2 aliphatic heterocycles. The van der Waals surface area contributed by atoms with Gasteiger partial charge in [-0.15, -0.1) is 0 Å². The first kappa shape index (κ1) is 13.4. The molecule has 20 heavy (non-hydrogen) atoms. The number of benzene rings is 1. The summed E-state index contributed by atoms with van der Waals surface area (Å²) in [6.07, 6.45) is 2.66. The molecule has 1 aromatic rings. The number of nitrogens with zero attached hydrogens (tertiary/aromatic N) is 2. The summed E-state index contributed by atoms with van der Waals surface area (Å²) in [5.74, 6) is 1.55. The van der Waals surface area contributed by atoms with Gasteiger partial charge in [-0.3, -0.25) is 0 Å². The molecule has 5 heteroatoms. The summed E-state index contributed by atoms with van der Waals surface area (Å²) >= 11 is 0. The van der Waals surface area contributed by atoms with Crippen LogP contribution in [0, 0.1) is 0 Å². The molecule has 5 nitrogen and oxygen atoms in total. The summed E-state index contributed by atoms with van der Waals surface area (Å²) in [6.45, 7) is 5.72. The van der Waals surface area contributed by atoms with Crippen molar-refractivity contribution in [2.24, 2.45) is 0 Å². The molecule has 1 fully saturated rings. The van der Waals surface area contributed by atoms with E-state index in [1.165, 1.54) is 25.9 Å². The molecule has 110 valence electrons. The Morgan fingerprint density at radius 1 is 1.15 bits per heavy atom. The third-order valence-electron chi connectivity index (χ3n) is 4.05. The lowest BCUT2D eigenvalue weighted by molar-refractivity contribution is 0.172. The van der Waals surface area contributed by atoms with Gasteiger partial charge in [-0.2, -0.15) is 0 Å². The highest BCUT2D eigenvalue weighted by Crippen LogP contribution is 2.38. The Morgan fingerprint density at radius 2 is 1.80 bits per heavy atom. The second-order valence-corrected chi connectivity index (χ2v) is 5.52. The minimum atomic E-state index is 0.594. The Morgan fingerprint density at radius 3 is 2.50 bits per heavy atom. The average Bonchev–Trinajstić information content (AvgIpc) is 2.97. The molecular weight excluding hydrogens is 254 g/mol. The van der Waals surface area contributed by atoms with Crippen molar-refractivity contribution >= 4 is 11.4 Å². The predicted molar refractivity (Wildman–Crippen MR) is 80.8 cm³/mol. The minimum absolute atomic E-state index is 0.594. The fourth-order valence-electron chi connectivity index (χ4n) is 2.84. The molecule has 0 amide bonds. The number of nitrogen functional groups attached to an aromatic ring is 1. The largest absolute Gasteiger partial charge is 0.486 e. The van der Waals surface area contributed by atoms with Gasteiger partial charge in [0.2, 0.25) is 0 Å². The summed E-state index contributed by atoms with van der Waals surface area (Å²) in [5.41, 5.74) is 7.91. The Balaban J connectivity index is 1.68. The topological polar surface area (TPSA) is 51.0 Å². The van der Waals surface area contributed by atoms with Crippen LogP contribution >= 0.6 is 0 Å². The molecule has 0 saturated carbocycles. The van der Waals surface area contributed by atoms with E-state index in [1.54, 1.807) is 0 Å². The smallest absolute Gasteiger partial charge is 0.163 e. The van der Waals surface area contributed by atoms with E-state index in [9.17, 15) is 0 Å². The third kappa shape index (κ3) is 2.77. The zero-order valence-electron chi connectivity index (χ0n) is 12.1. The standard InChI is InChI=1S/C15H23N3O2/c1-17(6-7-18-4-2-3-5-18)13-11-15-14(10-12(13)16)19-8-9-20-15/h10-11H,2-9,16H2,1H3.